The lowest BCUT2D eigenvalue weighted by Gasteiger charge is -2.30. The molecule has 1 aliphatic heterocycles. The lowest BCUT2D eigenvalue weighted by atomic mass is 9.99. The van der Waals surface area contributed by atoms with Crippen LogP contribution in [0.1, 0.15) is 43.6 Å². The van der Waals surface area contributed by atoms with Gasteiger partial charge in [-0.15, -0.1) is 0 Å². The normalized spacial score (nSPS) is 15.5. The average molecular weight is 405 g/mol. The van der Waals surface area contributed by atoms with Crippen molar-refractivity contribution < 1.29 is 4.79 Å². The number of para-hydroxylation sites is 2. The molecule has 5 nitrogen and oxygen atoms in total. The number of hydrogen-bond donors (Lipinski definition) is 1. The standard InChI is InChI=1S/C25H32N4O/c1-3-24-27-22-6-4-5-7-23(22)29(24)18-25(30)26-16-20-8-10-21(11-9-20)17-28-14-12-19(2)13-15-28/h4-11,19H,3,12-18H2,1-2H3,(H,26,30). The van der Waals surface area contributed by atoms with E-state index in [1.807, 2.05) is 28.8 Å². The van der Waals surface area contributed by atoms with Gasteiger partial charge in [0.2, 0.25) is 5.91 Å². The molecule has 1 N–H and O–H groups in total. The van der Waals surface area contributed by atoms with Crippen LogP contribution < -0.4 is 5.32 Å². The van der Waals surface area contributed by atoms with Crippen LogP contribution in [0.5, 0.6) is 0 Å². The lowest BCUT2D eigenvalue weighted by Crippen LogP contribution is -2.32. The summed E-state index contributed by atoms with van der Waals surface area (Å²) in [5.41, 5.74) is 4.43. The van der Waals surface area contributed by atoms with Crippen molar-refractivity contribution in [1.82, 2.24) is 19.8 Å². The molecule has 1 aliphatic rings. The SMILES string of the molecule is CCc1nc2ccccc2n1CC(=O)NCc1ccc(CN2CCC(C)CC2)cc1. The summed E-state index contributed by atoms with van der Waals surface area (Å²) in [5, 5.41) is 3.06. The van der Waals surface area contributed by atoms with E-state index in [2.05, 4.69) is 53.3 Å². The van der Waals surface area contributed by atoms with Gasteiger partial charge < -0.3 is 9.88 Å². The molecule has 0 saturated carbocycles. The summed E-state index contributed by atoms with van der Waals surface area (Å²) in [4.78, 5) is 19.8. The molecule has 0 atom stereocenters. The molecule has 0 spiro atoms. The molecule has 0 bridgehead atoms. The fourth-order valence-corrected chi connectivity index (χ4v) is 4.21. The maximum absolute atomic E-state index is 12.6. The molecular weight excluding hydrogens is 372 g/mol. The molecule has 1 amide bonds. The maximum atomic E-state index is 12.6. The van der Waals surface area contributed by atoms with Crippen LogP contribution in [0.3, 0.4) is 0 Å². The zero-order valence-electron chi connectivity index (χ0n) is 18.1. The highest BCUT2D eigenvalue weighted by molar-refractivity contribution is 5.81. The van der Waals surface area contributed by atoms with Gasteiger partial charge in [-0.25, -0.2) is 4.98 Å². The van der Waals surface area contributed by atoms with E-state index in [1.54, 1.807) is 0 Å². The molecule has 0 aliphatic carbocycles. The van der Waals surface area contributed by atoms with E-state index in [9.17, 15) is 4.79 Å². The molecule has 5 heteroatoms. The van der Waals surface area contributed by atoms with Crippen LogP contribution in [0, 0.1) is 5.92 Å². The molecule has 3 aromatic rings. The molecule has 30 heavy (non-hydrogen) atoms. The Morgan fingerprint density at radius 1 is 1.07 bits per heavy atom. The fraction of sp³-hybridized carbons (Fsp3) is 0.440. The Bertz CT molecular complexity index is 984. The van der Waals surface area contributed by atoms with Crippen molar-refractivity contribution in [3.63, 3.8) is 0 Å². The quantitative estimate of drug-likeness (QED) is 0.644. The first-order chi connectivity index (χ1) is 14.6. The fourth-order valence-electron chi connectivity index (χ4n) is 4.21. The van der Waals surface area contributed by atoms with E-state index >= 15 is 0 Å². The zero-order chi connectivity index (χ0) is 20.9. The van der Waals surface area contributed by atoms with Crippen LogP contribution in [-0.2, 0) is 30.8 Å². The number of nitrogens with one attached hydrogen (secondary N) is 1. The van der Waals surface area contributed by atoms with E-state index in [0.717, 1.165) is 41.3 Å². The Morgan fingerprint density at radius 2 is 1.77 bits per heavy atom. The van der Waals surface area contributed by atoms with Gasteiger partial charge in [0.1, 0.15) is 12.4 Å². The predicted molar refractivity (Wildman–Crippen MR) is 121 cm³/mol. The summed E-state index contributed by atoms with van der Waals surface area (Å²) in [7, 11) is 0. The Labute approximate surface area is 179 Å². The number of carbonyl (C=O) groups is 1. The highest BCUT2D eigenvalue weighted by Crippen LogP contribution is 2.19. The van der Waals surface area contributed by atoms with Crippen LogP contribution in [0.25, 0.3) is 11.0 Å². The summed E-state index contributed by atoms with van der Waals surface area (Å²) in [6, 6.07) is 16.6. The van der Waals surface area contributed by atoms with Crippen molar-refractivity contribution in [3.8, 4) is 0 Å². The number of carbonyl (C=O) groups excluding carboxylic acids is 1. The van der Waals surface area contributed by atoms with Gasteiger partial charge in [-0.05, 0) is 55.1 Å². The number of likely N-dealkylation sites (tertiary alicyclic amines) is 1. The first kappa shape index (κ1) is 20.6. The summed E-state index contributed by atoms with van der Waals surface area (Å²) < 4.78 is 2.02. The minimum absolute atomic E-state index is 0.0133. The van der Waals surface area contributed by atoms with Crippen molar-refractivity contribution in [1.29, 1.82) is 0 Å². The monoisotopic (exact) mass is 404 g/mol. The van der Waals surface area contributed by atoms with Gasteiger partial charge in [-0.1, -0.05) is 50.2 Å². The number of piperidine rings is 1. The van der Waals surface area contributed by atoms with Gasteiger partial charge in [-0.3, -0.25) is 9.69 Å². The van der Waals surface area contributed by atoms with Crippen molar-refractivity contribution in [3.05, 3.63) is 65.5 Å². The van der Waals surface area contributed by atoms with E-state index in [4.69, 9.17) is 0 Å². The second-order valence-electron chi connectivity index (χ2n) is 8.51. The van der Waals surface area contributed by atoms with Gasteiger partial charge in [0.25, 0.3) is 0 Å². The highest BCUT2D eigenvalue weighted by atomic mass is 16.1. The molecular formula is C25H32N4O. The number of amides is 1. The van der Waals surface area contributed by atoms with Crippen LogP contribution in [0.2, 0.25) is 0 Å². The second-order valence-corrected chi connectivity index (χ2v) is 8.51. The third-order valence-electron chi connectivity index (χ3n) is 6.15. The average Bonchev–Trinajstić information content (AvgIpc) is 3.12. The van der Waals surface area contributed by atoms with E-state index < -0.39 is 0 Å². The maximum Gasteiger partial charge on any atom is 0.240 e. The first-order valence-corrected chi connectivity index (χ1v) is 11.1. The number of imidazole rings is 1. The van der Waals surface area contributed by atoms with E-state index in [1.165, 1.54) is 31.5 Å². The van der Waals surface area contributed by atoms with Crippen molar-refractivity contribution in [2.75, 3.05) is 13.1 Å². The molecule has 2 heterocycles. The number of benzene rings is 2. The lowest BCUT2D eigenvalue weighted by molar-refractivity contribution is -0.121. The molecule has 4 rings (SSSR count). The summed E-state index contributed by atoms with van der Waals surface area (Å²) >= 11 is 0. The Morgan fingerprint density at radius 3 is 2.50 bits per heavy atom. The number of aromatic nitrogens is 2. The van der Waals surface area contributed by atoms with Gasteiger partial charge >= 0.3 is 0 Å². The molecule has 158 valence electrons. The topological polar surface area (TPSA) is 50.2 Å². The van der Waals surface area contributed by atoms with Crippen LogP contribution >= 0.6 is 0 Å². The number of fused-ring (bicyclic) bond motifs is 1. The molecule has 1 aromatic heterocycles. The minimum atomic E-state index is 0.0133. The number of nitrogens with zero attached hydrogens (tertiary/aromatic N) is 3. The summed E-state index contributed by atoms with van der Waals surface area (Å²) in [6.07, 6.45) is 3.41. The third kappa shape index (κ3) is 4.90. The largest absolute Gasteiger partial charge is 0.350 e. The molecule has 1 saturated heterocycles. The smallest absolute Gasteiger partial charge is 0.240 e. The minimum Gasteiger partial charge on any atom is -0.350 e. The number of aryl methyl sites for hydroxylation is 1. The van der Waals surface area contributed by atoms with Crippen LogP contribution in [-0.4, -0.2) is 33.4 Å². The molecule has 2 aromatic carbocycles. The number of rotatable bonds is 7. The third-order valence-corrected chi connectivity index (χ3v) is 6.15. The Kier molecular flexibility index (Phi) is 6.48. The summed E-state index contributed by atoms with van der Waals surface area (Å²) in [6.45, 7) is 8.68. The predicted octanol–water partition coefficient (Wildman–Crippen LogP) is 4.15. The van der Waals surface area contributed by atoms with Gasteiger partial charge in [0, 0.05) is 19.5 Å². The van der Waals surface area contributed by atoms with Gasteiger partial charge in [-0.2, -0.15) is 0 Å². The van der Waals surface area contributed by atoms with Crippen molar-refractivity contribution in [2.24, 2.45) is 5.92 Å². The highest BCUT2D eigenvalue weighted by Gasteiger charge is 2.16. The van der Waals surface area contributed by atoms with Gasteiger partial charge in [0.05, 0.1) is 11.0 Å². The molecule has 0 unspecified atom stereocenters. The Balaban J connectivity index is 1.31. The first-order valence-electron chi connectivity index (χ1n) is 11.1. The zero-order valence-corrected chi connectivity index (χ0v) is 18.1. The van der Waals surface area contributed by atoms with Crippen LogP contribution in [0.15, 0.2) is 48.5 Å². The number of hydrogen-bond acceptors (Lipinski definition) is 3. The molecule has 0 radical (unpaired) electrons. The van der Waals surface area contributed by atoms with Crippen LogP contribution in [0.4, 0.5) is 0 Å². The Hall–Kier alpha value is -2.66. The van der Waals surface area contributed by atoms with E-state index in [0.29, 0.717) is 13.1 Å². The molecule has 1 fully saturated rings. The second kappa shape index (κ2) is 9.43. The summed E-state index contributed by atoms with van der Waals surface area (Å²) in [5.74, 6) is 1.82. The van der Waals surface area contributed by atoms with E-state index in [-0.39, 0.29) is 5.91 Å². The van der Waals surface area contributed by atoms with Gasteiger partial charge in [0.15, 0.2) is 0 Å². The van der Waals surface area contributed by atoms with Crippen molar-refractivity contribution in [2.45, 2.75) is 52.7 Å². The van der Waals surface area contributed by atoms with Crippen molar-refractivity contribution >= 4 is 16.9 Å².